The Labute approximate surface area is 250 Å². The Morgan fingerprint density at radius 3 is 2.08 bits per heavy atom. The molecule has 0 atom stereocenters. The van der Waals surface area contributed by atoms with Gasteiger partial charge in [-0.05, 0) is 86.1 Å². The van der Waals surface area contributed by atoms with Crippen molar-refractivity contribution in [2.45, 2.75) is 20.3 Å². The number of nitriles is 1. The van der Waals surface area contributed by atoms with Crippen LogP contribution in [-0.4, -0.2) is 39.3 Å². The number of benzene rings is 3. The van der Waals surface area contributed by atoms with E-state index in [0.717, 1.165) is 23.5 Å². The summed E-state index contributed by atoms with van der Waals surface area (Å²) >= 11 is 0. The second-order valence-corrected chi connectivity index (χ2v) is 9.06. The molecule has 39 heavy (non-hydrogen) atoms. The second-order valence-electron chi connectivity index (χ2n) is 7.97. The van der Waals surface area contributed by atoms with Gasteiger partial charge in [0.2, 0.25) is 0 Å². The van der Waals surface area contributed by atoms with Gasteiger partial charge in [-0.25, -0.2) is 4.18 Å². The minimum atomic E-state index is -4.48. The smallest absolute Gasteiger partial charge is 0.491 e. The van der Waals surface area contributed by atoms with Crippen molar-refractivity contribution in [2.75, 3.05) is 31.2 Å². The summed E-state index contributed by atoms with van der Waals surface area (Å²) in [5, 5.41) is 26.0. The first-order valence-electron chi connectivity index (χ1n) is 11.8. The average Bonchev–Trinajstić information content (AvgIpc) is 2.90. The molecule has 11 nitrogen and oxygen atoms in total. The Hall–Kier alpha value is -3.18. The van der Waals surface area contributed by atoms with Gasteiger partial charge in [0.15, 0.2) is 0 Å². The van der Waals surface area contributed by atoms with Gasteiger partial charge in [0, 0.05) is 18.8 Å². The fourth-order valence-corrected chi connectivity index (χ4v) is 3.61. The van der Waals surface area contributed by atoms with Crippen molar-refractivity contribution in [1.29, 1.82) is 5.26 Å². The number of aryl methyl sites for hydroxylation is 1. The van der Waals surface area contributed by atoms with Crippen molar-refractivity contribution in [3.05, 3.63) is 72.3 Å². The Kier molecular flexibility index (Phi) is 13.2. The van der Waals surface area contributed by atoms with Crippen molar-refractivity contribution in [2.24, 2.45) is 20.5 Å². The number of azo groups is 2. The topological polar surface area (TPSA) is 149 Å². The van der Waals surface area contributed by atoms with Crippen LogP contribution in [0.5, 0.6) is 5.75 Å². The van der Waals surface area contributed by atoms with Crippen LogP contribution in [0.3, 0.4) is 0 Å². The van der Waals surface area contributed by atoms with Gasteiger partial charge < -0.3 is 9.64 Å². The Morgan fingerprint density at radius 2 is 1.49 bits per heavy atom. The molecule has 0 amide bonds. The maximum absolute atomic E-state index is 10.5. The third kappa shape index (κ3) is 11.2. The monoisotopic (exact) mass is 559 g/mol. The fourth-order valence-electron chi connectivity index (χ4n) is 3.33. The van der Waals surface area contributed by atoms with E-state index in [4.69, 9.17) is 14.6 Å². The SMILES string of the molecule is CCN(CCC#N)c1ccc(N=Nc2ccc(N=Nc3ccc(OCCOS(=O)(=O)O)cc3)c(C)c2)cc1.[Na+]. The van der Waals surface area contributed by atoms with Crippen molar-refractivity contribution >= 4 is 38.8 Å². The van der Waals surface area contributed by atoms with Crippen LogP contribution in [0.25, 0.3) is 0 Å². The zero-order chi connectivity index (χ0) is 27.4. The van der Waals surface area contributed by atoms with Crippen LogP contribution in [0.1, 0.15) is 18.9 Å². The van der Waals surface area contributed by atoms with Gasteiger partial charge in [-0.2, -0.15) is 34.1 Å². The van der Waals surface area contributed by atoms with Crippen LogP contribution in [0, 0.1) is 18.3 Å². The molecular formula is C26H28N6NaO5S+. The molecule has 3 aromatic rings. The molecule has 0 radical (unpaired) electrons. The number of nitrogens with zero attached hydrogens (tertiary/aromatic N) is 6. The van der Waals surface area contributed by atoms with Crippen LogP contribution < -0.4 is 39.2 Å². The standard InChI is InChI=1S/C26H28N6O5S.Na/c1-3-32(16-4-15-27)24-10-5-21(6-11-24)28-30-23-9-14-26(20(2)19-23)31-29-22-7-12-25(13-8-22)36-17-18-37-38(33,34)35;/h5-14,19H,3-4,16-18H2,1-2H3,(H,33,34,35);/q;+1. The summed E-state index contributed by atoms with van der Waals surface area (Å²) in [6, 6.07) is 22.1. The number of hydrogen-bond donors (Lipinski definition) is 1. The molecule has 0 fully saturated rings. The van der Waals surface area contributed by atoms with Gasteiger partial charge in [-0.15, -0.1) is 0 Å². The number of anilines is 1. The molecular weight excluding hydrogens is 531 g/mol. The van der Waals surface area contributed by atoms with Gasteiger partial charge >= 0.3 is 40.0 Å². The number of rotatable bonds is 13. The van der Waals surface area contributed by atoms with Gasteiger partial charge in [0.1, 0.15) is 19.0 Å². The third-order valence-corrected chi connectivity index (χ3v) is 5.71. The summed E-state index contributed by atoms with van der Waals surface area (Å²) in [6.07, 6.45) is 0.478. The molecule has 0 bridgehead atoms. The van der Waals surface area contributed by atoms with Crippen LogP contribution in [0.15, 0.2) is 87.2 Å². The van der Waals surface area contributed by atoms with Crippen LogP contribution in [0.4, 0.5) is 28.4 Å². The number of hydrogen-bond acceptors (Lipinski definition) is 10. The molecule has 0 unspecified atom stereocenters. The molecule has 0 saturated carbocycles. The van der Waals surface area contributed by atoms with E-state index in [1.165, 1.54) is 0 Å². The summed E-state index contributed by atoms with van der Waals surface area (Å²) in [5.74, 6) is 0.491. The minimum Gasteiger partial charge on any atom is -0.491 e. The van der Waals surface area contributed by atoms with E-state index in [-0.39, 0.29) is 42.8 Å². The maximum Gasteiger partial charge on any atom is 1.00 e. The van der Waals surface area contributed by atoms with Crippen molar-refractivity contribution in [1.82, 2.24) is 0 Å². The molecule has 0 saturated heterocycles. The molecule has 0 aliphatic rings. The van der Waals surface area contributed by atoms with Crippen molar-refractivity contribution in [3.63, 3.8) is 0 Å². The molecule has 3 rings (SSSR count). The fraction of sp³-hybridized carbons (Fsp3) is 0.269. The second kappa shape index (κ2) is 16.0. The first kappa shape index (κ1) is 32.0. The molecule has 0 aliphatic heterocycles. The van der Waals surface area contributed by atoms with E-state index in [1.54, 1.807) is 24.3 Å². The summed E-state index contributed by atoms with van der Waals surface area (Å²) in [7, 11) is -4.48. The van der Waals surface area contributed by atoms with Crippen LogP contribution >= 0.6 is 0 Å². The van der Waals surface area contributed by atoms with Gasteiger partial charge in [0.05, 0.1) is 35.2 Å². The third-order valence-electron chi connectivity index (χ3n) is 5.25. The predicted octanol–water partition coefficient (Wildman–Crippen LogP) is 3.77. The average molecular weight is 560 g/mol. The van der Waals surface area contributed by atoms with E-state index in [0.29, 0.717) is 35.8 Å². The molecule has 198 valence electrons. The Morgan fingerprint density at radius 1 is 0.897 bits per heavy atom. The van der Waals surface area contributed by atoms with E-state index >= 15 is 0 Å². The normalized spacial score (nSPS) is 11.3. The summed E-state index contributed by atoms with van der Waals surface area (Å²) < 4.78 is 39.1. The van der Waals surface area contributed by atoms with Gasteiger partial charge in [-0.3, -0.25) is 4.55 Å². The molecule has 1 N–H and O–H groups in total. The van der Waals surface area contributed by atoms with Crippen LogP contribution in [-0.2, 0) is 14.6 Å². The zero-order valence-corrected chi connectivity index (χ0v) is 24.9. The zero-order valence-electron chi connectivity index (χ0n) is 22.1. The largest absolute Gasteiger partial charge is 1.00 e. The Bertz CT molecular complexity index is 1410. The first-order chi connectivity index (χ1) is 18.3. The molecule has 0 aliphatic carbocycles. The molecule has 13 heteroatoms. The number of ether oxygens (including phenoxy) is 1. The molecule has 0 heterocycles. The summed E-state index contributed by atoms with van der Waals surface area (Å²) in [5.41, 5.74) is 4.63. The first-order valence-corrected chi connectivity index (χ1v) is 13.1. The summed E-state index contributed by atoms with van der Waals surface area (Å²) in [6.45, 7) is 5.13. The van der Waals surface area contributed by atoms with Crippen LogP contribution in [0.2, 0.25) is 0 Å². The van der Waals surface area contributed by atoms with E-state index < -0.39 is 10.4 Å². The minimum absolute atomic E-state index is 0. The van der Waals surface area contributed by atoms with Crippen molar-refractivity contribution < 1.29 is 51.4 Å². The maximum atomic E-state index is 10.5. The molecule has 3 aromatic carbocycles. The van der Waals surface area contributed by atoms with Crippen molar-refractivity contribution in [3.8, 4) is 11.8 Å². The summed E-state index contributed by atoms with van der Waals surface area (Å²) in [4.78, 5) is 2.13. The van der Waals surface area contributed by atoms with E-state index in [2.05, 4.69) is 42.5 Å². The van der Waals surface area contributed by atoms with E-state index in [9.17, 15) is 8.42 Å². The quantitative estimate of drug-likeness (QED) is 0.145. The van der Waals surface area contributed by atoms with Gasteiger partial charge in [0.25, 0.3) is 0 Å². The predicted molar refractivity (Wildman–Crippen MR) is 144 cm³/mol. The van der Waals surface area contributed by atoms with Gasteiger partial charge in [-0.1, -0.05) is 0 Å². The van der Waals surface area contributed by atoms with E-state index in [1.807, 2.05) is 49.4 Å². The molecule has 0 spiro atoms. The molecule has 0 aromatic heterocycles. The Balaban J connectivity index is 0.00000533.